The summed E-state index contributed by atoms with van der Waals surface area (Å²) in [5.74, 6) is 1.47. The van der Waals surface area contributed by atoms with E-state index in [9.17, 15) is 4.79 Å². The van der Waals surface area contributed by atoms with E-state index in [-0.39, 0.29) is 5.91 Å². The Morgan fingerprint density at radius 1 is 1.28 bits per heavy atom. The van der Waals surface area contributed by atoms with Gasteiger partial charge in [0.1, 0.15) is 5.69 Å². The number of nitrogens with zero attached hydrogens (tertiary/aromatic N) is 2. The van der Waals surface area contributed by atoms with E-state index in [4.69, 9.17) is 11.6 Å². The number of hydrogen-bond acceptors (Lipinski definition) is 2. The summed E-state index contributed by atoms with van der Waals surface area (Å²) >= 11 is 5.92. The van der Waals surface area contributed by atoms with Gasteiger partial charge in [-0.1, -0.05) is 11.6 Å². The van der Waals surface area contributed by atoms with Crippen molar-refractivity contribution in [2.24, 2.45) is 11.8 Å². The highest BCUT2D eigenvalue weighted by molar-refractivity contribution is 6.30. The molecule has 0 spiro atoms. The molecule has 4 heteroatoms. The van der Waals surface area contributed by atoms with Crippen molar-refractivity contribution >= 4 is 17.5 Å². The van der Waals surface area contributed by atoms with Crippen LogP contribution in [0.25, 0.3) is 0 Å². The Morgan fingerprint density at radius 2 is 1.89 bits per heavy atom. The van der Waals surface area contributed by atoms with Crippen LogP contribution >= 0.6 is 11.6 Å². The fraction of sp³-hybridized carbons (Fsp3) is 0.571. The summed E-state index contributed by atoms with van der Waals surface area (Å²) in [5.41, 5.74) is 0.476. The van der Waals surface area contributed by atoms with E-state index >= 15 is 0 Å². The summed E-state index contributed by atoms with van der Waals surface area (Å²) in [6.07, 6.45) is 6.64. The largest absolute Gasteiger partial charge is 0.337 e. The van der Waals surface area contributed by atoms with Crippen LogP contribution in [0.4, 0.5) is 0 Å². The fourth-order valence-electron chi connectivity index (χ4n) is 2.15. The standard InChI is InChI=1S/C14H17ClN2O/c15-12-5-6-16-13(7-12)14(18)17(8-10-1-2-10)9-11-3-4-11/h5-7,10-11H,1-4,8-9H2. The topological polar surface area (TPSA) is 33.2 Å². The van der Waals surface area contributed by atoms with Crippen LogP contribution in [-0.2, 0) is 0 Å². The van der Waals surface area contributed by atoms with E-state index in [0.29, 0.717) is 22.6 Å². The van der Waals surface area contributed by atoms with Crippen LogP contribution in [0, 0.1) is 11.8 Å². The van der Waals surface area contributed by atoms with Gasteiger partial charge in [0.05, 0.1) is 0 Å². The highest BCUT2D eigenvalue weighted by Crippen LogP contribution is 2.34. The van der Waals surface area contributed by atoms with Crippen LogP contribution in [0.3, 0.4) is 0 Å². The van der Waals surface area contributed by atoms with Crippen molar-refractivity contribution in [3.8, 4) is 0 Å². The maximum absolute atomic E-state index is 12.4. The van der Waals surface area contributed by atoms with E-state index in [2.05, 4.69) is 4.98 Å². The molecular formula is C14H17ClN2O. The number of carbonyl (C=O) groups is 1. The Balaban J connectivity index is 1.72. The van der Waals surface area contributed by atoms with Gasteiger partial charge >= 0.3 is 0 Å². The summed E-state index contributed by atoms with van der Waals surface area (Å²) in [7, 11) is 0. The average molecular weight is 265 g/mol. The zero-order valence-corrected chi connectivity index (χ0v) is 11.1. The van der Waals surface area contributed by atoms with Crippen molar-refractivity contribution in [1.82, 2.24) is 9.88 Å². The van der Waals surface area contributed by atoms with Gasteiger partial charge in [0.25, 0.3) is 5.91 Å². The third kappa shape index (κ3) is 3.02. The second kappa shape index (κ2) is 4.88. The first-order valence-corrected chi connectivity index (χ1v) is 7.01. The summed E-state index contributed by atoms with van der Waals surface area (Å²) in [6.45, 7) is 1.78. The van der Waals surface area contributed by atoms with Crippen LogP contribution in [0.2, 0.25) is 5.02 Å². The monoisotopic (exact) mass is 264 g/mol. The molecule has 0 atom stereocenters. The zero-order valence-electron chi connectivity index (χ0n) is 10.3. The molecule has 0 unspecified atom stereocenters. The van der Waals surface area contributed by atoms with Crippen LogP contribution < -0.4 is 0 Å². The summed E-state index contributed by atoms with van der Waals surface area (Å²) in [6, 6.07) is 3.36. The van der Waals surface area contributed by atoms with Crippen molar-refractivity contribution in [3.05, 3.63) is 29.0 Å². The third-order valence-electron chi connectivity index (χ3n) is 3.58. The lowest BCUT2D eigenvalue weighted by atomic mass is 10.2. The minimum absolute atomic E-state index is 0.0382. The van der Waals surface area contributed by atoms with Crippen molar-refractivity contribution in [2.45, 2.75) is 25.7 Å². The SMILES string of the molecule is O=C(c1cc(Cl)ccn1)N(CC1CC1)CC1CC1. The van der Waals surface area contributed by atoms with Gasteiger partial charge in [-0.15, -0.1) is 0 Å². The van der Waals surface area contributed by atoms with Gasteiger partial charge in [0.2, 0.25) is 0 Å². The highest BCUT2D eigenvalue weighted by atomic mass is 35.5. The summed E-state index contributed by atoms with van der Waals surface area (Å²) in [4.78, 5) is 18.5. The van der Waals surface area contributed by atoms with Gasteiger partial charge < -0.3 is 4.90 Å². The van der Waals surface area contributed by atoms with Gasteiger partial charge in [-0.25, -0.2) is 0 Å². The predicted octanol–water partition coefficient (Wildman–Crippen LogP) is 3.00. The van der Waals surface area contributed by atoms with Gasteiger partial charge in [-0.2, -0.15) is 0 Å². The normalized spacial score (nSPS) is 18.7. The number of amides is 1. The van der Waals surface area contributed by atoms with E-state index in [1.165, 1.54) is 25.7 Å². The number of pyridine rings is 1. The maximum atomic E-state index is 12.4. The number of aromatic nitrogens is 1. The maximum Gasteiger partial charge on any atom is 0.272 e. The van der Waals surface area contributed by atoms with Gasteiger partial charge in [0.15, 0.2) is 0 Å². The molecule has 18 heavy (non-hydrogen) atoms. The Bertz CT molecular complexity index is 441. The molecule has 0 aromatic carbocycles. The first kappa shape index (κ1) is 12.0. The lowest BCUT2D eigenvalue weighted by Crippen LogP contribution is -2.35. The molecule has 1 aromatic heterocycles. The molecular weight excluding hydrogens is 248 g/mol. The summed E-state index contributed by atoms with van der Waals surface area (Å²) in [5, 5.41) is 0.575. The van der Waals surface area contributed by atoms with Crippen LogP contribution in [-0.4, -0.2) is 28.9 Å². The average Bonchev–Trinajstić information content (AvgIpc) is 3.22. The van der Waals surface area contributed by atoms with E-state index < -0.39 is 0 Å². The Kier molecular flexibility index (Phi) is 3.25. The molecule has 1 aromatic rings. The number of carbonyl (C=O) groups excluding carboxylic acids is 1. The van der Waals surface area contributed by atoms with Crippen molar-refractivity contribution in [1.29, 1.82) is 0 Å². The molecule has 0 aliphatic heterocycles. The number of rotatable bonds is 5. The first-order valence-electron chi connectivity index (χ1n) is 6.63. The van der Waals surface area contributed by atoms with Crippen molar-refractivity contribution in [2.75, 3.05) is 13.1 Å². The Hall–Kier alpha value is -1.09. The van der Waals surface area contributed by atoms with E-state index in [1.54, 1.807) is 18.3 Å². The van der Waals surface area contributed by atoms with Crippen molar-refractivity contribution in [3.63, 3.8) is 0 Å². The highest BCUT2D eigenvalue weighted by Gasteiger charge is 2.32. The molecule has 2 saturated carbocycles. The molecule has 2 fully saturated rings. The smallest absolute Gasteiger partial charge is 0.272 e. The zero-order chi connectivity index (χ0) is 12.5. The molecule has 2 aliphatic carbocycles. The Labute approximate surface area is 112 Å². The number of hydrogen-bond donors (Lipinski definition) is 0. The minimum Gasteiger partial charge on any atom is -0.337 e. The second-order valence-corrected chi connectivity index (χ2v) is 5.89. The van der Waals surface area contributed by atoms with Crippen LogP contribution in [0.1, 0.15) is 36.2 Å². The molecule has 0 saturated heterocycles. The van der Waals surface area contributed by atoms with Crippen LogP contribution in [0.15, 0.2) is 18.3 Å². The molecule has 96 valence electrons. The fourth-order valence-corrected chi connectivity index (χ4v) is 2.31. The number of halogens is 1. The van der Waals surface area contributed by atoms with Gasteiger partial charge in [-0.05, 0) is 49.7 Å². The lowest BCUT2D eigenvalue weighted by Gasteiger charge is -2.22. The molecule has 0 radical (unpaired) electrons. The molecule has 0 bridgehead atoms. The van der Waals surface area contributed by atoms with Crippen LogP contribution in [0.5, 0.6) is 0 Å². The lowest BCUT2D eigenvalue weighted by molar-refractivity contribution is 0.0733. The molecule has 0 N–H and O–H groups in total. The van der Waals surface area contributed by atoms with Gasteiger partial charge in [-0.3, -0.25) is 9.78 Å². The van der Waals surface area contributed by atoms with E-state index in [1.807, 2.05) is 4.90 Å². The molecule has 2 aliphatic rings. The van der Waals surface area contributed by atoms with Gasteiger partial charge in [0, 0.05) is 24.3 Å². The first-order chi connectivity index (χ1) is 8.72. The minimum atomic E-state index is 0.0382. The Morgan fingerprint density at radius 3 is 2.39 bits per heavy atom. The second-order valence-electron chi connectivity index (χ2n) is 5.46. The third-order valence-corrected chi connectivity index (χ3v) is 3.81. The quantitative estimate of drug-likeness (QED) is 0.819. The molecule has 1 amide bonds. The molecule has 1 heterocycles. The predicted molar refractivity (Wildman–Crippen MR) is 70.6 cm³/mol. The van der Waals surface area contributed by atoms with E-state index in [0.717, 1.165) is 13.1 Å². The van der Waals surface area contributed by atoms with Crippen molar-refractivity contribution < 1.29 is 4.79 Å². The molecule has 3 nitrogen and oxygen atoms in total. The molecule has 3 rings (SSSR count). The summed E-state index contributed by atoms with van der Waals surface area (Å²) < 4.78 is 0.